The summed E-state index contributed by atoms with van der Waals surface area (Å²) in [5.41, 5.74) is 0. The van der Waals surface area contributed by atoms with Gasteiger partial charge in [0.2, 0.25) is 5.24 Å². The van der Waals surface area contributed by atoms with Crippen molar-refractivity contribution in [3.8, 4) is 0 Å². The molecule has 0 aliphatic heterocycles. The van der Waals surface area contributed by atoms with Gasteiger partial charge in [0.15, 0.2) is 0 Å². The van der Waals surface area contributed by atoms with Crippen molar-refractivity contribution in [2.45, 2.75) is 19.8 Å². The molecule has 0 atom stereocenters. The van der Waals surface area contributed by atoms with E-state index in [0.29, 0.717) is 6.42 Å². The van der Waals surface area contributed by atoms with E-state index in [0.717, 1.165) is 6.42 Å². The van der Waals surface area contributed by atoms with Crippen molar-refractivity contribution in [1.82, 2.24) is 0 Å². The Labute approximate surface area is 124 Å². The predicted molar refractivity (Wildman–Crippen MR) is 28.0 cm³/mol. The van der Waals surface area contributed by atoms with E-state index in [-0.39, 0.29) is 58.8 Å². The minimum atomic E-state index is -3.76. The van der Waals surface area contributed by atoms with Crippen molar-refractivity contribution < 1.29 is 89.7 Å². The van der Waals surface area contributed by atoms with Gasteiger partial charge in [-0.2, -0.15) is 0 Å². The van der Waals surface area contributed by atoms with Gasteiger partial charge in [-0.25, -0.2) is 0 Å². The van der Waals surface area contributed by atoms with Crippen LogP contribution in [0.1, 0.15) is 19.8 Å². The average Bonchev–Trinajstić information content (AvgIpc) is 1.62. The molecule has 0 saturated carbocycles. The number of rotatable bonds is 2. The Morgan fingerprint density at radius 2 is 1.83 bits per heavy atom. The Bertz CT molecular complexity index is 92.4. The number of carbonyl (C=O) groups excluding carboxylic acids is 1. The van der Waals surface area contributed by atoms with Crippen molar-refractivity contribution in [3.05, 3.63) is 0 Å². The van der Waals surface area contributed by atoms with Crippen LogP contribution in [0.4, 0.5) is 0 Å². The molecule has 0 aliphatic carbocycles. The molecule has 8 heteroatoms. The van der Waals surface area contributed by atoms with Crippen LogP contribution in [0, 0.1) is 0 Å². The van der Waals surface area contributed by atoms with E-state index in [1.54, 1.807) is 0 Å². The van der Waals surface area contributed by atoms with E-state index >= 15 is 0 Å². The maximum Gasteiger partial charge on any atom is 1.00 e. The molecule has 0 heterocycles. The SMILES string of the molecule is CCCC(=O)Cl.[I-].[Na+].[O-][I+2]([O-])O. The number of hydrogen-bond donors (Lipinski definition) is 1. The quantitative estimate of drug-likeness (QED) is 0.267. The third-order valence-corrected chi connectivity index (χ3v) is 0.636. The van der Waals surface area contributed by atoms with Crippen molar-refractivity contribution in [3.63, 3.8) is 0 Å². The first-order chi connectivity index (χ1) is 4.50. The fourth-order valence-corrected chi connectivity index (χ4v) is 0.386. The summed E-state index contributed by atoms with van der Waals surface area (Å²) in [6.07, 6.45) is 1.35. The van der Waals surface area contributed by atoms with Crippen molar-refractivity contribution in [2.75, 3.05) is 0 Å². The summed E-state index contributed by atoms with van der Waals surface area (Å²) in [7, 11) is 0. The monoisotopic (exact) mass is 432 g/mol. The van der Waals surface area contributed by atoms with E-state index in [1.165, 1.54) is 0 Å². The fraction of sp³-hybridized carbons (Fsp3) is 0.750. The number of halogens is 3. The molecule has 0 rings (SSSR count). The Morgan fingerprint density at radius 3 is 1.83 bits per heavy atom. The van der Waals surface area contributed by atoms with Gasteiger partial charge in [0, 0.05) is 6.42 Å². The summed E-state index contributed by atoms with van der Waals surface area (Å²) in [5.74, 6) is 0. The smallest absolute Gasteiger partial charge is 1.00 e. The molecule has 70 valence electrons. The normalized spacial score (nSPS) is 7.17. The van der Waals surface area contributed by atoms with Crippen LogP contribution >= 0.6 is 11.6 Å². The molecule has 0 amide bonds. The van der Waals surface area contributed by atoms with E-state index < -0.39 is 21.1 Å². The van der Waals surface area contributed by atoms with Crippen LogP contribution in [-0.2, 0) is 4.79 Å². The molecule has 0 aromatic rings. The summed E-state index contributed by atoms with van der Waals surface area (Å²) in [5, 5.41) is -0.238. The van der Waals surface area contributed by atoms with Crippen molar-refractivity contribution >= 4 is 16.8 Å². The van der Waals surface area contributed by atoms with Gasteiger partial charge in [-0.3, -0.25) is 4.79 Å². The van der Waals surface area contributed by atoms with Gasteiger partial charge in [-0.1, -0.05) is 6.92 Å². The van der Waals surface area contributed by atoms with Crippen LogP contribution in [0.5, 0.6) is 0 Å². The first-order valence-electron chi connectivity index (χ1n) is 2.43. The second-order valence-corrected chi connectivity index (χ2v) is 2.88. The maximum atomic E-state index is 9.81. The van der Waals surface area contributed by atoms with Crippen LogP contribution in [0.3, 0.4) is 0 Å². The first-order valence-corrected chi connectivity index (χ1v) is 5.54. The van der Waals surface area contributed by atoms with Gasteiger partial charge in [-0.15, -0.1) is 0 Å². The van der Waals surface area contributed by atoms with Gasteiger partial charge in [0.1, 0.15) is 0 Å². The topological polar surface area (TPSA) is 83.4 Å². The van der Waals surface area contributed by atoms with E-state index in [1.807, 2.05) is 6.92 Å². The van der Waals surface area contributed by atoms with Crippen molar-refractivity contribution in [2.24, 2.45) is 0 Å². The third-order valence-electron chi connectivity index (χ3n) is 0.447. The van der Waals surface area contributed by atoms with E-state index in [2.05, 4.69) is 0 Å². The largest absolute Gasteiger partial charge is 1.00 e. The summed E-state index contributed by atoms with van der Waals surface area (Å²) in [6.45, 7) is 1.92. The van der Waals surface area contributed by atoms with Crippen molar-refractivity contribution in [1.29, 1.82) is 0 Å². The minimum absolute atomic E-state index is 0. The van der Waals surface area contributed by atoms with Gasteiger partial charge in [-0.05, 0) is 21.5 Å². The number of hydrogen-bond acceptors (Lipinski definition) is 4. The zero-order valence-electron chi connectivity index (χ0n) is 6.72. The second kappa shape index (κ2) is 19.0. The Kier molecular flexibility index (Phi) is 37.7. The summed E-state index contributed by atoms with van der Waals surface area (Å²) in [6, 6.07) is 0. The molecule has 4 nitrogen and oxygen atoms in total. The summed E-state index contributed by atoms with van der Waals surface area (Å²) >= 11 is 1.18. The van der Waals surface area contributed by atoms with Crippen LogP contribution in [0.25, 0.3) is 0 Å². The summed E-state index contributed by atoms with van der Waals surface area (Å²) < 4.78 is 24.5. The molecule has 0 aliphatic rings. The molecule has 0 fully saturated rings. The maximum absolute atomic E-state index is 9.81. The van der Waals surface area contributed by atoms with Gasteiger partial charge < -0.3 is 30.8 Å². The second-order valence-electron chi connectivity index (χ2n) is 1.31. The Balaban J connectivity index is -0.0000000483. The molecule has 0 spiro atoms. The molecule has 0 aromatic heterocycles. The molecular weight excluding hydrogens is 424 g/mol. The molecule has 1 N–H and O–H groups in total. The number of carbonyl (C=O) groups is 1. The molecular formula is C4H8ClI2NaO4. The molecule has 12 heavy (non-hydrogen) atoms. The van der Waals surface area contributed by atoms with Gasteiger partial charge in [0.05, 0.1) is 0 Å². The van der Waals surface area contributed by atoms with Crippen LogP contribution in [0.2, 0.25) is 0 Å². The first kappa shape index (κ1) is 23.8. The van der Waals surface area contributed by atoms with Crippen LogP contribution < -0.4 is 81.5 Å². The summed E-state index contributed by atoms with van der Waals surface area (Å²) in [4.78, 5) is 9.81. The van der Waals surface area contributed by atoms with Gasteiger partial charge in [0.25, 0.3) is 0 Å². The van der Waals surface area contributed by atoms with E-state index in [9.17, 15) is 4.79 Å². The molecule has 0 saturated heterocycles. The van der Waals surface area contributed by atoms with Crippen LogP contribution in [0.15, 0.2) is 0 Å². The molecule has 0 unspecified atom stereocenters. The molecule has 0 radical (unpaired) electrons. The zero-order valence-corrected chi connectivity index (χ0v) is 13.8. The standard InChI is InChI=1S/C4H7ClO.HIO3.HI.Na/c1-2-3-4(5)6;2-1(3)4;;/h2-3H2,1H3;2H;1H;/q;;;+1/p-1. The minimum Gasteiger partial charge on any atom is -1.00 e. The third kappa shape index (κ3) is 55.9. The fourth-order valence-electron chi connectivity index (χ4n) is 0.197. The van der Waals surface area contributed by atoms with E-state index in [4.69, 9.17) is 21.9 Å². The predicted octanol–water partition coefficient (Wildman–Crippen LogP) is -10.4. The molecule has 0 aromatic carbocycles. The molecule has 0 bridgehead atoms. The zero-order chi connectivity index (χ0) is 8.57. The van der Waals surface area contributed by atoms with Crippen LogP contribution in [-0.4, -0.2) is 8.68 Å². The Hall–Kier alpha value is 2.30. The van der Waals surface area contributed by atoms with Gasteiger partial charge >= 0.3 is 50.6 Å². The Morgan fingerprint density at radius 1 is 1.58 bits per heavy atom. The average molecular weight is 432 g/mol.